The van der Waals surface area contributed by atoms with Crippen molar-refractivity contribution in [2.24, 2.45) is 0 Å². The lowest BCUT2D eigenvalue weighted by atomic mass is 10.1. The molecule has 0 atom stereocenters. The van der Waals surface area contributed by atoms with Gasteiger partial charge in [-0.1, -0.05) is 18.5 Å². The van der Waals surface area contributed by atoms with Crippen LogP contribution in [-0.4, -0.2) is 15.3 Å². The van der Waals surface area contributed by atoms with Gasteiger partial charge in [0.25, 0.3) is 0 Å². The molecular formula is C16H22ClN3. The third-order valence-electron chi connectivity index (χ3n) is 3.17. The normalized spacial score (nSPS) is 11.8. The second-order valence-electron chi connectivity index (χ2n) is 5.96. The van der Waals surface area contributed by atoms with Crippen molar-refractivity contribution in [2.45, 2.75) is 46.2 Å². The van der Waals surface area contributed by atoms with E-state index in [0.29, 0.717) is 0 Å². The smallest absolute Gasteiger partial charge is 0.0649 e. The fraction of sp³-hybridized carbons (Fsp3) is 0.438. The van der Waals surface area contributed by atoms with Gasteiger partial charge in [-0.15, -0.1) is 0 Å². The van der Waals surface area contributed by atoms with E-state index in [-0.39, 0.29) is 5.54 Å². The van der Waals surface area contributed by atoms with E-state index >= 15 is 0 Å². The van der Waals surface area contributed by atoms with Crippen LogP contribution in [0.25, 0.3) is 5.69 Å². The van der Waals surface area contributed by atoms with E-state index in [2.05, 4.69) is 38.1 Å². The van der Waals surface area contributed by atoms with E-state index in [9.17, 15) is 0 Å². The minimum absolute atomic E-state index is 0.105. The lowest BCUT2D eigenvalue weighted by molar-refractivity contribution is 0.423. The van der Waals surface area contributed by atoms with E-state index in [0.717, 1.165) is 23.7 Å². The van der Waals surface area contributed by atoms with E-state index in [1.165, 1.54) is 11.3 Å². The Morgan fingerprint density at radius 3 is 2.40 bits per heavy atom. The van der Waals surface area contributed by atoms with Gasteiger partial charge in [0.15, 0.2) is 0 Å². The Balaban J connectivity index is 2.27. The summed E-state index contributed by atoms with van der Waals surface area (Å²) in [6, 6.07) is 7.78. The molecule has 2 aromatic rings. The molecule has 0 unspecified atom stereocenters. The van der Waals surface area contributed by atoms with Gasteiger partial charge in [-0.3, -0.25) is 0 Å². The lowest BCUT2D eigenvalue weighted by Crippen LogP contribution is -2.35. The summed E-state index contributed by atoms with van der Waals surface area (Å²) in [5.41, 5.74) is 3.64. The average Bonchev–Trinajstić information content (AvgIpc) is 2.79. The Bertz CT molecular complexity index is 564. The second-order valence-corrected chi connectivity index (χ2v) is 6.40. The van der Waals surface area contributed by atoms with Gasteiger partial charge in [-0.25, -0.2) is 4.68 Å². The lowest BCUT2D eigenvalue weighted by Gasteiger charge is -2.20. The molecule has 0 saturated carbocycles. The average molecular weight is 292 g/mol. The van der Waals surface area contributed by atoms with Gasteiger partial charge in [0.05, 0.1) is 11.9 Å². The first kappa shape index (κ1) is 15.1. The van der Waals surface area contributed by atoms with Crippen molar-refractivity contribution < 1.29 is 0 Å². The van der Waals surface area contributed by atoms with Crippen molar-refractivity contribution in [3.63, 3.8) is 0 Å². The first-order chi connectivity index (χ1) is 9.40. The third kappa shape index (κ3) is 3.62. The van der Waals surface area contributed by atoms with Gasteiger partial charge >= 0.3 is 0 Å². The predicted molar refractivity (Wildman–Crippen MR) is 84.5 cm³/mol. The highest BCUT2D eigenvalue weighted by atomic mass is 35.5. The van der Waals surface area contributed by atoms with E-state index in [1.807, 2.05) is 35.1 Å². The van der Waals surface area contributed by atoms with Crippen LogP contribution in [-0.2, 0) is 13.0 Å². The minimum Gasteiger partial charge on any atom is -0.308 e. The number of nitrogens with one attached hydrogen (secondary N) is 1. The van der Waals surface area contributed by atoms with Crippen LogP contribution in [0.4, 0.5) is 0 Å². The SMILES string of the molecule is CCc1c(CNC(C)(C)C)cnn1-c1ccc(Cl)cc1. The summed E-state index contributed by atoms with van der Waals surface area (Å²) in [5.74, 6) is 0. The van der Waals surface area contributed by atoms with Crippen LogP contribution >= 0.6 is 11.6 Å². The van der Waals surface area contributed by atoms with Crippen LogP contribution in [0.3, 0.4) is 0 Å². The molecule has 0 aliphatic rings. The molecule has 0 aliphatic heterocycles. The number of benzene rings is 1. The Hall–Kier alpha value is -1.32. The third-order valence-corrected chi connectivity index (χ3v) is 3.42. The highest BCUT2D eigenvalue weighted by Crippen LogP contribution is 2.18. The molecule has 1 aromatic heterocycles. The molecular weight excluding hydrogens is 270 g/mol. The summed E-state index contributed by atoms with van der Waals surface area (Å²) in [6.07, 6.45) is 2.90. The number of hydrogen-bond donors (Lipinski definition) is 1. The van der Waals surface area contributed by atoms with E-state index in [1.54, 1.807) is 0 Å². The Morgan fingerprint density at radius 1 is 1.20 bits per heavy atom. The second kappa shape index (κ2) is 5.98. The van der Waals surface area contributed by atoms with Crippen molar-refractivity contribution in [1.82, 2.24) is 15.1 Å². The van der Waals surface area contributed by atoms with Crippen molar-refractivity contribution in [3.05, 3.63) is 46.7 Å². The van der Waals surface area contributed by atoms with Crippen LogP contribution in [0.15, 0.2) is 30.5 Å². The quantitative estimate of drug-likeness (QED) is 0.923. The Kier molecular flexibility index (Phi) is 4.51. The van der Waals surface area contributed by atoms with Crippen LogP contribution in [0.1, 0.15) is 39.0 Å². The number of hydrogen-bond acceptors (Lipinski definition) is 2. The van der Waals surface area contributed by atoms with Gasteiger partial charge in [0.1, 0.15) is 0 Å². The summed E-state index contributed by atoms with van der Waals surface area (Å²) >= 11 is 5.94. The van der Waals surface area contributed by atoms with Crippen LogP contribution in [0.5, 0.6) is 0 Å². The zero-order valence-electron chi connectivity index (χ0n) is 12.6. The summed E-state index contributed by atoms with van der Waals surface area (Å²) in [7, 11) is 0. The van der Waals surface area contributed by atoms with Crippen molar-refractivity contribution in [1.29, 1.82) is 0 Å². The summed E-state index contributed by atoms with van der Waals surface area (Å²) in [6.45, 7) is 9.50. The fourth-order valence-electron chi connectivity index (χ4n) is 2.10. The van der Waals surface area contributed by atoms with Crippen molar-refractivity contribution in [2.75, 3.05) is 0 Å². The molecule has 1 aromatic carbocycles. The summed E-state index contributed by atoms with van der Waals surface area (Å²) in [5, 5.41) is 8.78. The maximum Gasteiger partial charge on any atom is 0.0649 e. The molecule has 0 bridgehead atoms. The number of rotatable bonds is 4. The molecule has 1 heterocycles. The van der Waals surface area contributed by atoms with Crippen molar-refractivity contribution in [3.8, 4) is 5.69 Å². The van der Waals surface area contributed by atoms with Gasteiger partial charge < -0.3 is 5.32 Å². The number of halogens is 1. The van der Waals surface area contributed by atoms with Crippen LogP contribution in [0.2, 0.25) is 5.02 Å². The fourth-order valence-corrected chi connectivity index (χ4v) is 2.22. The van der Waals surface area contributed by atoms with Gasteiger partial charge in [0.2, 0.25) is 0 Å². The number of nitrogens with zero attached hydrogens (tertiary/aromatic N) is 2. The molecule has 0 spiro atoms. The summed E-state index contributed by atoms with van der Waals surface area (Å²) < 4.78 is 2.00. The zero-order chi connectivity index (χ0) is 14.8. The highest BCUT2D eigenvalue weighted by molar-refractivity contribution is 6.30. The van der Waals surface area contributed by atoms with Crippen LogP contribution in [0, 0.1) is 0 Å². The van der Waals surface area contributed by atoms with Gasteiger partial charge in [-0.2, -0.15) is 5.10 Å². The van der Waals surface area contributed by atoms with Crippen LogP contribution < -0.4 is 5.32 Å². The van der Waals surface area contributed by atoms with E-state index in [4.69, 9.17) is 11.6 Å². The molecule has 3 nitrogen and oxygen atoms in total. The monoisotopic (exact) mass is 291 g/mol. The highest BCUT2D eigenvalue weighted by Gasteiger charge is 2.14. The largest absolute Gasteiger partial charge is 0.308 e. The molecule has 0 amide bonds. The molecule has 0 aliphatic carbocycles. The molecule has 108 valence electrons. The standard InChI is InChI=1S/C16H22ClN3/c1-5-15-12(10-18-16(2,3)4)11-19-20(15)14-8-6-13(17)7-9-14/h6-9,11,18H,5,10H2,1-4H3. The summed E-state index contributed by atoms with van der Waals surface area (Å²) in [4.78, 5) is 0. The molecule has 0 saturated heterocycles. The Morgan fingerprint density at radius 2 is 1.85 bits per heavy atom. The molecule has 20 heavy (non-hydrogen) atoms. The topological polar surface area (TPSA) is 29.9 Å². The maximum absolute atomic E-state index is 5.94. The first-order valence-electron chi connectivity index (χ1n) is 6.97. The Labute approximate surface area is 126 Å². The molecule has 2 rings (SSSR count). The molecule has 0 fully saturated rings. The molecule has 1 N–H and O–H groups in total. The van der Waals surface area contributed by atoms with Crippen molar-refractivity contribution >= 4 is 11.6 Å². The maximum atomic E-state index is 5.94. The first-order valence-corrected chi connectivity index (χ1v) is 7.35. The van der Waals surface area contributed by atoms with Gasteiger partial charge in [-0.05, 0) is 51.5 Å². The zero-order valence-corrected chi connectivity index (χ0v) is 13.3. The molecule has 0 radical (unpaired) electrons. The predicted octanol–water partition coefficient (Wildman–Crippen LogP) is 3.98. The number of aromatic nitrogens is 2. The minimum atomic E-state index is 0.105. The van der Waals surface area contributed by atoms with E-state index < -0.39 is 0 Å². The van der Waals surface area contributed by atoms with Gasteiger partial charge in [0, 0.05) is 28.4 Å². The molecule has 4 heteroatoms.